The molecule has 2 heteroatoms. The van der Waals surface area contributed by atoms with Gasteiger partial charge in [0.1, 0.15) is 0 Å². The highest BCUT2D eigenvalue weighted by Crippen LogP contribution is 2.21. The van der Waals surface area contributed by atoms with Gasteiger partial charge in [-0.3, -0.25) is 4.98 Å². The van der Waals surface area contributed by atoms with Crippen LogP contribution in [-0.4, -0.2) is 4.98 Å². The summed E-state index contributed by atoms with van der Waals surface area (Å²) in [7, 11) is 0. The van der Waals surface area contributed by atoms with E-state index in [9.17, 15) is 0 Å². The topological polar surface area (TPSA) is 12.9 Å². The molecule has 1 aromatic heterocycles. The maximum Gasteiger partial charge on any atom is 0.0484 e. The lowest BCUT2D eigenvalue weighted by atomic mass is 10.1. The molecular formula is C13H10ClN. The summed E-state index contributed by atoms with van der Waals surface area (Å²) in [5.74, 6) is 0. The summed E-state index contributed by atoms with van der Waals surface area (Å²) in [4.78, 5) is 3.95. The fourth-order valence-electron chi connectivity index (χ4n) is 1.29. The van der Waals surface area contributed by atoms with Gasteiger partial charge in [0, 0.05) is 17.4 Å². The van der Waals surface area contributed by atoms with Crippen LogP contribution in [0.15, 0.2) is 54.9 Å². The maximum absolute atomic E-state index is 6.18. The number of halogens is 1. The Labute approximate surface area is 94.1 Å². The highest BCUT2D eigenvalue weighted by molar-refractivity contribution is 6.51. The molecule has 15 heavy (non-hydrogen) atoms. The summed E-state index contributed by atoms with van der Waals surface area (Å²) in [5, 5.41) is 0.738. The van der Waals surface area contributed by atoms with Crippen LogP contribution >= 0.6 is 11.6 Å². The normalized spacial score (nSPS) is 11.4. The fraction of sp³-hybridized carbons (Fsp3) is 0. The molecule has 0 spiro atoms. The predicted octanol–water partition coefficient (Wildman–Crippen LogP) is 3.82. The Bertz CT molecular complexity index is 448. The van der Waals surface area contributed by atoms with E-state index in [2.05, 4.69) is 4.98 Å². The zero-order valence-corrected chi connectivity index (χ0v) is 8.85. The third kappa shape index (κ3) is 2.67. The van der Waals surface area contributed by atoms with Gasteiger partial charge < -0.3 is 0 Å². The molecular weight excluding hydrogens is 206 g/mol. The largest absolute Gasteiger partial charge is 0.265 e. The molecule has 1 heterocycles. The molecule has 0 N–H and O–H groups in total. The molecule has 0 aliphatic carbocycles. The Morgan fingerprint density at radius 3 is 2.33 bits per heavy atom. The highest BCUT2D eigenvalue weighted by atomic mass is 35.5. The van der Waals surface area contributed by atoms with Crippen LogP contribution in [0, 0.1) is 0 Å². The summed E-state index contributed by atoms with van der Waals surface area (Å²) in [6, 6.07) is 13.7. The average molecular weight is 216 g/mol. The van der Waals surface area contributed by atoms with Gasteiger partial charge in [-0.15, -0.1) is 0 Å². The monoisotopic (exact) mass is 215 g/mol. The van der Waals surface area contributed by atoms with E-state index in [0.717, 1.165) is 16.2 Å². The Kier molecular flexibility index (Phi) is 3.15. The second-order valence-corrected chi connectivity index (χ2v) is 3.55. The molecule has 0 saturated carbocycles. The van der Waals surface area contributed by atoms with Crippen molar-refractivity contribution >= 4 is 22.7 Å². The van der Waals surface area contributed by atoms with Crippen LogP contribution in [0.1, 0.15) is 11.1 Å². The lowest BCUT2D eigenvalue weighted by molar-refractivity contribution is 1.32. The fourth-order valence-corrected chi connectivity index (χ4v) is 1.54. The molecule has 0 unspecified atom stereocenters. The summed E-state index contributed by atoms with van der Waals surface area (Å²) in [6.07, 6.45) is 5.43. The van der Waals surface area contributed by atoms with Gasteiger partial charge in [0.05, 0.1) is 0 Å². The van der Waals surface area contributed by atoms with Crippen molar-refractivity contribution in [2.75, 3.05) is 0 Å². The minimum atomic E-state index is 0.738. The smallest absolute Gasteiger partial charge is 0.0484 e. The molecule has 0 atom stereocenters. The molecule has 74 valence electrons. The van der Waals surface area contributed by atoms with Crippen molar-refractivity contribution in [3.8, 4) is 0 Å². The van der Waals surface area contributed by atoms with Crippen LogP contribution in [0.3, 0.4) is 0 Å². The number of hydrogen-bond acceptors (Lipinski definition) is 1. The lowest BCUT2D eigenvalue weighted by Gasteiger charge is -1.98. The second-order valence-electron chi connectivity index (χ2n) is 3.14. The molecule has 0 amide bonds. The van der Waals surface area contributed by atoms with Crippen molar-refractivity contribution in [1.82, 2.24) is 4.98 Å². The second kappa shape index (κ2) is 4.76. The molecule has 0 bridgehead atoms. The molecule has 1 aromatic carbocycles. The molecule has 2 aromatic rings. The van der Waals surface area contributed by atoms with Crippen LogP contribution in [0.25, 0.3) is 11.1 Å². The first-order valence-corrected chi connectivity index (χ1v) is 5.07. The zero-order chi connectivity index (χ0) is 10.5. The first kappa shape index (κ1) is 9.94. The van der Waals surface area contributed by atoms with E-state index in [1.807, 2.05) is 48.5 Å². The van der Waals surface area contributed by atoms with E-state index in [0.29, 0.717) is 0 Å². The number of pyridine rings is 1. The van der Waals surface area contributed by atoms with Gasteiger partial charge in [0.15, 0.2) is 0 Å². The van der Waals surface area contributed by atoms with Gasteiger partial charge in [-0.25, -0.2) is 0 Å². The van der Waals surface area contributed by atoms with Gasteiger partial charge >= 0.3 is 0 Å². The number of rotatable bonds is 2. The van der Waals surface area contributed by atoms with Crippen molar-refractivity contribution in [3.63, 3.8) is 0 Å². The third-order valence-electron chi connectivity index (χ3n) is 2.05. The zero-order valence-electron chi connectivity index (χ0n) is 8.10. The van der Waals surface area contributed by atoms with E-state index in [4.69, 9.17) is 11.6 Å². The van der Waals surface area contributed by atoms with Crippen molar-refractivity contribution in [2.45, 2.75) is 0 Å². The molecule has 0 aliphatic rings. The van der Waals surface area contributed by atoms with Crippen molar-refractivity contribution < 1.29 is 0 Å². The average Bonchev–Trinajstić information content (AvgIpc) is 2.31. The number of aromatic nitrogens is 1. The van der Waals surface area contributed by atoms with E-state index >= 15 is 0 Å². The maximum atomic E-state index is 6.18. The summed E-state index contributed by atoms with van der Waals surface area (Å²) >= 11 is 6.18. The Balaban J connectivity index is 2.29. The summed E-state index contributed by atoms with van der Waals surface area (Å²) in [6.45, 7) is 0. The van der Waals surface area contributed by atoms with Gasteiger partial charge in [0.2, 0.25) is 0 Å². The lowest BCUT2D eigenvalue weighted by Crippen LogP contribution is -1.77. The first-order valence-electron chi connectivity index (χ1n) is 4.69. The van der Waals surface area contributed by atoms with Crippen molar-refractivity contribution in [3.05, 3.63) is 66.0 Å². The van der Waals surface area contributed by atoms with Crippen LogP contribution in [0.4, 0.5) is 0 Å². The molecule has 0 fully saturated rings. The quantitative estimate of drug-likeness (QED) is 0.742. The predicted molar refractivity (Wildman–Crippen MR) is 64.4 cm³/mol. The molecule has 2 rings (SSSR count). The first-order chi connectivity index (χ1) is 7.36. The van der Waals surface area contributed by atoms with E-state index in [1.54, 1.807) is 12.4 Å². The van der Waals surface area contributed by atoms with E-state index in [-0.39, 0.29) is 0 Å². The number of benzene rings is 1. The third-order valence-corrected chi connectivity index (χ3v) is 2.38. The molecule has 0 radical (unpaired) electrons. The van der Waals surface area contributed by atoms with Gasteiger partial charge in [-0.2, -0.15) is 0 Å². The van der Waals surface area contributed by atoms with Crippen molar-refractivity contribution in [2.24, 2.45) is 0 Å². The van der Waals surface area contributed by atoms with Gasteiger partial charge in [-0.05, 0) is 29.3 Å². The van der Waals surface area contributed by atoms with E-state index in [1.165, 1.54) is 0 Å². The number of nitrogens with zero attached hydrogens (tertiary/aromatic N) is 1. The van der Waals surface area contributed by atoms with Crippen LogP contribution < -0.4 is 0 Å². The molecule has 0 aliphatic heterocycles. The highest BCUT2D eigenvalue weighted by Gasteiger charge is 1.96. The van der Waals surface area contributed by atoms with Crippen LogP contribution in [0.5, 0.6) is 0 Å². The standard InChI is InChI=1S/C13H10ClN/c14-13(12-4-2-1-3-5-12)10-11-6-8-15-9-7-11/h1-10H/b13-10-. The van der Waals surface area contributed by atoms with Crippen LogP contribution in [-0.2, 0) is 0 Å². The Morgan fingerprint density at radius 1 is 1.00 bits per heavy atom. The summed E-state index contributed by atoms with van der Waals surface area (Å²) < 4.78 is 0. The van der Waals surface area contributed by atoms with Crippen molar-refractivity contribution in [1.29, 1.82) is 0 Å². The number of hydrogen-bond donors (Lipinski definition) is 0. The SMILES string of the molecule is Cl/C(=C\c1ccncc1)c1ccccc1. The molecule has 0 saturated heterocycles. The van der Waals surface area contributed by atoms with Crippen LogP contribution in [0.2, 0.25) is 0 Å². The summed E-state index contributed by atoms with van der Waals surface area (Å²) in [5.41, 5.74) is 2.08. The molecule has 1 nitrogen and oxygen atoms in total. The van der Waals surface area contributed by atoms with Gasteiger partial charge in [0.25, 0.3) is 0 Å². The minimum absolute atomic E-state index is 0.738. The van der Waals surface area contributed by atoms with Gasteiger partial charge in [-0.1, -0.05) is 41.9 Å². The Morgan fingerprint density at radius 2 is 1.67 bits per heavy atom. The van der Waals surface area contributed by atoms with E-state index < -0.39 is 0 Å². The Hall–Kier alpha value is -1.60. The minimum Gasteiger partial charge on any atom is -0.265 e.